The van der Waals surface area contributed by atoms with Crippen molar-refractivity contribution in [3.63, 3.8) is 0 Å². The van der Waals surface area contributed by atoms with Gasteiger partial charge in [0.25, 0.3) is 0 Å². The zero-order chi connectivity index (χ0) is 16.9. The Morgan fingerprint density at radius 3 is 2.27 bits per heavy atom. The third-order valence-corrected chi connectivity index (χ3v) is 3.70. The largest absolute Gasteiger partial charge is 0.387 e. The van der Waals surface area contributed by atoms with Gasteiger partial charge in [-0.25, -0.2) is 0 Å². The van der Waals surface area contributed by atoms with Gasteiger partial charge in [0, 0.05) is 12.1 Å². The number of hydrogen-bond donors (Lipinski definition) is 2. The predicted octanol–water partition coefficient (Wildman–Crippen LogP) is 2.65. The molecule has 0 radical (unpaired) electrons. The smallest absolute Gasteiger partial charge is 0.237 e. The molecule has 0 spiro atoms. The number of likely N-dealkylation sites (N-methyl/N-ethyl adjacent to an activating group) is 1. The standard InChI is InChI=1S/C18H30N2O2/c1-7-20(14(3)17(22)19-18(4,5)6)12-16(21)15-10-8-13(2)9-11-15/h8-11,14,16,21H,7,12H2,1-6H3,(H,19,22). The number of nitrogens with zero attached hydrogens (tertiary/aromatic N) is 1. The van der Waals surface area contributed by atoms with Gasteiger partial charge < -0.3 is 10.4 Å². The number of carbonyl (C=O) groups is 1. The van der Waals surface area contributed by atoms with E-state index in [2.05, 4.69) is 5.32 Å². The lowest BCUT2D eigenvalue weighted by Crippen LogP contribution is -2.51. The fraction of sp³-hybridized carbons (Fsp3) is 0.611. The first kappa shape index (κ1) is 18.7. The average Bonchev–Trinajstić information content (AvgIpc) is 2.42. The van der Waals surface area contributed by atoms with Gasteiger partial charge in [-0.1, -0.05) is 36.8 Å². The Balaban J connectivity index is 2.71. The van der Waals surface area contributed by atoms with Gasteiger partial charge in [-0.05, 0) is 46.7 Å². The van der Waals surface area contributed by atoms with Gasteiger partial charge in [-0.2, -0.15) is 0 Å². The van der Waals surface area contributed by atoms with Crippen LogP contribution in [0.25, 0.3) is 0 Å². The number of nitrogens with one attached hydrogen (secondary N) is 1. The molecule has 1 amide bonds. The van der Waals surface area contributed by atoms with Crippen molar-refractivity contribution in [3.05, 3.63) is 35.4 Å². The van der Waals surface area contributed by atoms with E-state index in [9.17, 15) is 9.90 Å². The molecule has 1 aromatic carbocycles. The molecule has 0 bridgehead atoms. The number of carbonyl (C=O) groups excluding carboxylic acids is 1. The van der Waals surface area contributed by atoms with Crippen molar-refractivity contribution in [1.82, 2.24) is 10.2 Å². The van der Waals surface area contributed by atoms with Crippen molar-refractivity contribution in [2.45, 2.75) is 59.2 Å². The predicted molar refractivity (Wildman–Crippen MR) is 90.7 cm³/mol. The number of benzene rings is 1. The lowest BCUT2D eigenvalue weighted by atomic mass is 10.1. The first-order valence-electron chi connectivity index (χ1n) is 7.94. The highest BCUT2D eigenvalue weighted by molar-refractivity contribution is 5.81. The van der Waals surface area contributed by atoms with Crippen molar-refractivity contribution in [3.8, 4) is 0 Å². The van der Waals surface area contributed by atoms with Crippen LogP contribution >= 0.6 is 0 Å². The maximum Gasteiger partial charge on any atom is 0.237 e. The van der Waals surface area contributed by atoms with Crippen LogP contribution in [0.5, 0.6) is 0 Å². The Labute approximate surface area is 134 Å². The topological polar surface area (TPSA) is 52.6 Å². The van der Waals surface area contributed by atoms with Gasteiger partial charge in [-0.15, -0.1) is 0 Å². The molecule has 2 unspecified atom stereocenters. The quantitative estimate of drug-likeness (QED) is 0.849. The third kappa shape index (κ3) is 5.78. The van der Waals surface area contributed by atoms with E-state index in [0.717, 1.165) is 5.56 Å². The summed E-state index contributed by atoms with van der Waals surface area (Å²) in [5.41, 5.74) is 1.80. The summed E-state index contributed by atoms with van der Waals surface area (Å²) >= 11 is 0. The maximum atomic E-state index is 12.3. The molecular formula is C18H30N2O2. The first-order valence-corrected chi connectivity index (χ1v) is 7.94. The monoisotopic (exact) mass is 306 g/mol. The second kappa shape index (κ2) is 7.75. The Morgan fingerprint density at radius 2 is 1.82 bits per heavy atom. The molecule has 0 heterocycles. The summed E-state index contributed by atoms with van der Waals surface area (Å²) in [6, 6.07) is 7.58. The lowest BCUT2D eigenvalue weighted by molar-refractivity contribution is -0.127. The Morgan fingerprint density at radius 1 is 1.27 bits per heavy atom. The molecule has 1 rings (SSSR count). The van der Waals surface area contributed by atoms with Gasteiger partial charge in [0.05, 0.1) is 12.1 Å². The molecule has 4 heteroatoms. The number of rotatable bonds is 6. The second-order valence-corrected chi connectivity index (χ2v) is 6.93. The summed E-state index contributed by atoms with van der Waals surface area (Å²) in [7, 11) is 0. The fourth-order valence-electron chi connectivity index (χ4n) is 2.32. The minimum Gasteiger partial charge on any atom is -0.387 e. The molecular weight excluding hydrogens is 276 g/mol. The van der Waals surface area contributed by atoms with Crippen LogP contribution in [0, 0.1) is 6.92 Å². The Hall–Kier alpha value is -1.39. The number of amides is 1. The van der Waals surface area contributed by atoms with Crippen molar-refractivity contribution in [1.29, 1.82) is 0 Å². The minimum absolute atomic E-state index is 0.00884. The molecule has 2 N–H and O–H groups in total. The average molecular weight is 306 g/mol. The van der Waals surface area contributed by atoms with Gasteiger partial charge in [0.15, 0.2) is 0 Å². The first-order chi connectivity index (χ1) is 10.1. The minimum atomic E-state index is -0.592. The van der Waals surface area contributed by atoms with Crippen LogP contribution in [0.15, 0.2) is 24.3 Å². The summed E-state index contributed by atoms with van der Waals surface area (Å²) in [4.78, 5) is 14.3. The van der Waals surface area contributed by atoms with Crippen LogP contribution in [0.1, 0.15) is 51.8 Å². The number of aryl methyl sites for hydroxylation is 1. The third-order valence-electron chi connectivity index (χ3n) is 3.70. The lowest BCUT2D eigenvalue weighted by Gasteiger charge is -2.31. The van der Waals surface area contributed by atoms with Crippen molar-refractivity contribution < 1.29 is 9.90 Å². The molecule has 0 saturated heterocycles. The molecule has 124 valence electrons. The number of hydrogen-bond acceptors (Lipinski definition) is 3. The van der Waals surface area contributed by atoms with Crippen molar-refractivity contribution in [2.24, 2.45) is 0 Å². The Kier molecular flexibility index (Phi) is 6.57. The van der Waals surface area contributed by atoms with Crippen LogP contribution in [0.3, 0.4) is 0 Å². The van der Waals surface area contributed by atoms with E-state index in [1.165, 1.54) is 5.56 Å². The summed E-state index contributed by atoms with van der Waals surface area (Å²) < 4.78 is 0. The van der Waals surface area contributed by atoms with Gasteiger partial charge in [0.1, 0.15) is 0 Å². The zero-order valence-electron chi connectivity index (χ0n) is 14.7. The van der Waals surface area contributed by atoms with E-state index in [-0.39, 0.29) is 17.5 Å². The van der Waals surface area contributed by atoms with Crippen LogP contribution in [-0.2, 0) is 4.79 Å². The molecule has 0 aliphatic heterocycles. The summed E-state index contributed by atoms with van der Waals surface area (Å²) in [5.74, 6) is -0.00884. The highest BCUT2D eigenvalue weighted by Gasteiger charge is 2.25. The van der Waals surface area contributed by atoms with Gasteiger partial charge >= 0.3 is 0 Å². The van der Waals surface area contributed by atoms with Crippen LogP contribution in [0.2, 0.25) is 0 Å². The van der Waals surface area contributed by atoms with E-state index in [4.69, 9.17) is 0 Å². The highest BCUT2D eigenvalue weighted by atomic mass is 16.3. The molecule has 0 aromatic heterocycles. The van der Waals surface area contributed by atoms with Crippen LogP contribution < -0.4 is 5.32 Å². The van der Waals surface area contributed by atoms with Crippen molar-refractivity contribution >= 4 is 5.91 Å². The van der Waals surface area contributed by atoms with Crippen LogP contribution in [0.4, 0.5) is 0 Å². The van der Waals surface area contributed by atoms with E-state index in [1.54, 1.807) is 0 Å². The summed E-state index contributed by atoms with van der Waals surface area (Å²) in [6.07, 6.45) is -0.592. The van der Waals surface area contributed by atoms with Gasteiger partial charge in [-0.3, -0.25) is 9.69 Å². The van der Waals surface area contributed by atoms with E-state index in [0.29, 0.717) is 13.1 Å². The SMILES string of the molecule is CCN(CC(O)c1ccc(C)cc1)C(C)C(=O)NC(C)(C)C. The van der Waals surface area contributed by atoms with E-state index in [1.807, 2.05) is 70.7 Å². The molecule has 0 aliphatic rings. The fourth-order valence-corrected chi connectivity index (χ4v) is 2.32. The molecule has 0 aliphatic carbocycles. The molecule has 2 atom stereocenters. The number of aliphatic hydroxyl groups is 1. The zero-order valence-corrected chi connectivity index (χ0v) is 14.7. The van der Waals surface area contributed by atoms with Crippen molar-refractivity contribution in [2.75, 3.05) is 13.1 Å². The van der Waals surface area contributed by atoms with E-state index < -0.39 is 6.10 Å². The van der Waals surface area contributed by atoms with E-state index >= 15 is 0 Å². The maximum absolute atomic E-state index is 12.3. The molecule has 4 nitrogen and oxygen atoms in total. The molecule has 0 fully saturated rings. The second-order valence-electron chi connectivity index (χ2n) is 6.93. The highest BCUT2D eigenvalue weighted by Crippen LogP contribution is 2.16. The Bertz CT molecular complexity index is 477. The molecule has 22 heavy (non-hydrogen) atoms. The molecule has 1 aromatic rings. The van der Waals surface area contributed by atoms with Crippen LogP contribution in [-0.4, -0.2) is 40.6 Å². The normalized spacial score (nSPS) is 14.7. The summed E-state index contributed by atoms with van der Waals surface area (Å²) in [6.45, 7) is 13.0. The summed E-state index contributed by atoms with van der Waals surface area (Å²) in [5, 5.41) is 13.4. The van der Waals surface area contributed by atoms with Gasteiger partial charge in [0.2, 0.25) is 5.91 Å². The molecule has 0 saturated carbocycles. The number of aliphatic hydroxyl groups excluding tert-OH is 1.